The zero-order valence-electron chi connectivity index (χ0n) is 13.6. The number of carbonyl (C=O) groups is 1. The number of nitrogens with zero attached hydrogens (tertiary/aromatic N) is 3. The summed E-state index contributed by atoms with van der Waals surface area (Å²) in [5.41, 5.74) is 0.362. The van der Waals surface area contributed by atoms with Gasteiger partial charge in [0.2, 0.25) is 5.91 Å². The average Bonchev–Trinajstić information content (AvgIpc) is 2.87. The summed E-state index contributed by atoms with van der Waals surface area (Å²) < 4.78 is 15.2. The Labute approximate surface area is 149 Å². The van der Waals surface area contributed by atoms with E-state index in [-0.39, 0.29) is 24.3 Å². The Kier molecular flexibility index (Phi) is 4.57. The first kappa shape index (κ1) is 17.2. The Hall–Kier alpha value is -1.60. The van der Waals surface area contributed by atoms with Crippen LogP contribution >= 0.6 is 23.4 Å². The molecule has 1 aromatic heterocycles. The molecule has 8 heteroatoms. The first-order valence-electron chi connectivity index (χ1n) is 7.57. The molecule has 0 saturated carbocycles. The molecule has 24 heavy (non-hydrogen) atoms. The van der Waals surface area contributed by atoms with Crippen LogP contribution in [0, 0.1) is 12.7 Å². The van der Waals surface area contributed by atoms with Crippen molar-refractivity contribution in [3.63, 3.8) is 0 Å². The van der Waals surface area contributed by atoms with Crippen LogP contribution in [0.3, 0.4) is 0 Å². The second-order valence-corrected chi connectivity index (χ2v) is 8.27. The molecule has 2 heterocycles. The van der Waals surface area contributed by atoms with Gasteiger partial charge in [-0.25, -0.2) is 14.1 Å². The molecule has 1 saturated heterocycles. The normalized spacial score (nSPS) is 20.0. The van der Waals surface area contributed by atoms with E-state index in [1.165, 1.54) is 6.07 Å². The molecule has 1 N–H and O–H groups in total. The molecule has 1 amide bonds. The van der Waals surface area contributed by atoms with Crippen LogP contribution < -0.4 is 5.32 Å². The van der Waals surface area contributed by atoms with Crippen molar-refractivity contribution in [1.82, 2.24) is 20.1 Å². The van der Waals surface area contributed by atoms with E-state index < -0.39 is 4.75 Å². The predicted molar refractivity (Wildman–Crippen MR) is 92.7 cm³/mol. The van der Waals surface area contributed by atoms with Crippen LogP contribution in [-0.2, 0) is 11.3 Å². The Balaban J connectivity index is 1.90. The molecule has 1 fully saturated rings. The predicted octanol–water partition coefficient (Wildman–Crippen LogP) is 3.11. The Bertz CT molecular complexity index is 772. The highest BCUT2D eigenvalue weighted by atomic mass is 35.5. The molecule has 0 aliphatic carbocycles. The number of hydrogen-bond acceptors (Lipinski definition) is 4. The minimum absolute atomic E-state index is 0.0418. The number of nitrogens with one attached hydrogen (secondary N) is 1. The van der Waals surface area contributed by atoms with Crippen LogP contribution in [0.25, 0.3) is 0 Å². The Morgan fingerprint density at radius 3 is 2.92 bits per heavy atom. The molecule has 0 unspecified atom stereocenters. The number of thioether (sulfide) groups is 1. The SMILES string of the molecule is Cc1nc([C@@H]2CSC(C)(C)C(=O)N2)n(Cc2c(F)cccc2Cl)n1. The van der Waals surface area contributed by atoms with Gasteiger partial charge in [-0.3, -0.25) is 4.79 Å². The molecule has 1 aliphatic rings. The number of hydrogen-bond donors (Lipinski definition) is 1. The van der Waals surface area contributed by atoms with Crippen LogP contribution in [0.2, 0.25) is 5.02 Å². The maximum atomic E-state index is 14.1. The van der Waals surface area contributed by atoms with Crippen molar-refractivity contribution >= 4 is 29.3 Å². The fourth-order valence-electron chi connectivity index (χ4n) is 2.55. The lowest BCUT2D eigenvalue weighted by Crippen LogP contribution is -2.48. The van der Waals surface area contributed by atoms with Gasteiger partial charge in [0.15, 0.2) is 5.82 Å². The number of carbonyl (C=O) groups excluding carboxylic acids is 1. The highest BCUT2D eigenvalue weighted by molar-refractivity contribution is 8.01. The molecular weight excluding hydrogens is 351 g/mol. The highest BCUT2D eigenvalue weighted by Crippen LogP contribution is 2.34. The molecular formula is C16H18ClFN4OS. The van der Waals surface area contributed by atoms with Gasteiger partial charge in [0.25, 0.3) is 0 Å². The van der Waals surface area contributed by atoms with E-state index in [9.17, 15) is 9.18 Å². The monoisotopic (exact) mass is 368 g/mol. The summed E-state index contributed by atoms with van der Waals surface area (Å²) in [6, 6.07) is 4.31. The van der Waals surface area contributed by atoms with E-state index in [0.717, 1.165) is 0 Å². The highest BCUT2D eigenvalue weighted by Gasteiger charge is 2.37. The van der Waals surface area contributed by atoms with Gasteiger partial charge in [0.05, 0.1) is 17.3 Å². The third-order valence-electron chi connectivity index (χ3n) is 3.95. The second-order valence-electron chi connectivity index (χ2n) is 6.22. The van der Waals surface area contributed by atoms with Crippen molar-refractivity contribution in [2.24, 2.45) is 0 Å². The minimum Gasteiger partial charge on any atom is -0.344 e. The second kappa shape index (κ2) is 6.37. The van der Waals surface area contributed by atoms with E-state index >= 15 is 0 Å². The molecule has 1 aromatic carbocycles. The summed E-state index contributed by atoms with van der Waals surface area (Å²) in [5, 5.41) is 7.67. The number of amides is 1. The molecule has 3 rings (SSSR count). The summed E-state index contributed by atoms with van der Waals surface area (Å²) in [6.07, 6.45) is 0. The smallest absolute Gasteiger partial charge is 0.236 e. The quantitative estimate of drug-likeness (QED) is 0.904. The lowest BCUT2D eigenvalue weighted by Gasteiger charge is -2.33. The van der Waals surface area contributed by atoms with Crippen molar-refractivity contribution in [2.45, 2.75) is 38.1 Å². The van der Waals surface area contributed by atoms with Crippen LogP contribution in [-0.4, -0.2) is 31.2 Å². The largest absolute Gasteiger partial charge is 0.344 e. The lowest BCUT2D eigenvalue weighted by molar-refractivity contribution is -0.123. The topological polar surface area (TPSA) is 59.8 Å². The van der Waals surface area contributed by atoms with E-state index in [1.807, 2.05) is 13.8 Å². The van der Waals surface area contributed by atoms with Gasteiger partial charge in [0.1, 0.15) is 11.6 Å². The molecule has 1 aliphatic heterocycles. The maximum absolute atomic E-state index is 14.1. The van der Waals surface area contributed by atoms with Crippen molar-refractivity contribution < 1.29 is 9.18 Å². The van der Waals surface area contributed by atoms with E-state index in [2.05, 4.69) is 15.4 Å². The molecule has 1 atom stereocenters. The number of rotatable bonds is 3. The van der Waals surface area contributed by atoms with Crippen molar-refractivity contribution in [3.8, 4) is 0 Å². The van der Waals surface area contributed by atoms with Gasteiger partial charge < -0.3 is 5.32 Å². The van der Waals surface area contributed by atoms with Gasteiger partial charge in [-0.15, -0.1) is 11.8 Å². The summed E-state index contributed by atoms with van der Waals surface area (Å²) in [6.45, 7) is 5.71. The standard InChI is InChI=1S/C16H18ClFN4OS/c1-9-19-14(13-8-24-16(2,3)15(23)20-13)22(21-9)7-10-11(17)5-4-6-12(10)18/h4-6,13H,7-8H2,1-3H3,(H,20,23)/t13-/m0/s1. The van der Waals surface area contributed by atoms with Gasteiger partial charge in [0, 0.05) is 16.3 Å². The third-order valence-corrected chi connectivity index (χ3v) is 5.71. The molecule has 0 bridgehead atoms. The summed E-state index contributed by atoms with van der Waals surface area (Å²) in [7, 11) is 0. The minimum atomic E-state index is -0.467. The van der Waals surface area contributed by atoms with Gasteiger partial charge in [-0.05, 0) is 32.9 Å². The number of aromatic nitrogens is 3. The van der Waals surface area contributed by atoms with Gasteiger partial charge in [-0.1, -0.05) is 17.7 Å². The van der Waals surface area contributed by atoms with E-state index in [1.54, 1.807) is 35.5 Å². The van der Waals surface area contributed by atoms with Crippen LogP contribution in [0.1, 0.15) is 37.1 Å². The summed E-state index contributed by atoms with van der Waals surface area (Å²) in [5.74, 6) is 1.44. The van der Waals surface area contributed by atoms with E-state index in [4.69, 9.17) is 11.6 Å². The fraction of sp³-hybridized carbons (Fsp3) is 0.438. The number of benzene rings is 1. The van der Waals surface area contributed by atoms with Crippen LogP contribution in [0.5, 0.6) is 0 Å². The maximum Gasteiger partial charge on any atom is 0.236 e. The first-order valence-corrected chi connectivity index (χ1v) is 8.93. The zero-order valence-corrected chi connectivity index (χ0v) is 15.2. The van der Waals surface area contributed by atoms with Gasteiger partial charge in [-0.2, -0.15) is 5.10 Å². The van der Waals surface area contributed by atoms with Crippen LogP contribution in [0.15, 0.2) is 18.2 Å². The fourth-order valence-corrected chi connectivity index (χ4v) is 3.78. The lowest BCUT2D eigenvalue weighted by atomic mass is 10.1. The Morgan fingerprint density at radius 1 is 1.50 bits per heavy atom. The molecule has 2 aromatic rings. The summed E-state index contributed by atoms with van der Waals surface area (Å²) >= 11 is 7.68. The van der Waals surface area contributed by atoms with Crippen molar-refractivity contribution in [2.75, 3.05) is 5.75 Å². The first-order chi connectivity index (χ1) is 11.3. The van der Waals surface area contributed by atoms with Crippen molar-refractivity contribution in [3.05, 3.63) is 46.3 Å². The van der Waals surface area contributed by atoms with Crippen LogP contribution in [0.4, 0.5) is 4.39 Å². The molecule has 0 spiro atoms. The Morgan fingerprint density at radius 2 is 2.25 bits per heavy atom. The molecule has 128 valence electrons. The molecule has 0 radical (unpaired) electrons. The van der Waals surface area contributed by atoms with Gasteiger partial charge >= 0.3 is 0 Å². The number of aryl methyl sites for hydroxylation is 1. The van der Waals surface area contributed by atoms with Crippen molar-refractivity contribution in [1.29, 1.82) is 0 Å². The van der Waals surface area contributed by atoms with E-state index in [0.29, 0.717) is 28.0 Å². The summed E-state index contributed by atoms with van der Waals surface area (Å²) in [4.78, 5) is 16.6. The number of halogens is 2. The molecule has 5 nitrogen and oxygen atoms in total. The zero-order chi connectivity index (χ0) is 17.5. The third kappa shape index (κ3) is 3.28. The average molecular weight is 369 g/mol.